The van der Waals surface area contributed by atoms with Crippen molar-refractivity contribution in [3.8, 4) is 0 Å². The Morgan fingerprint density at radius 2 is 1.72 bits per heavy atom. The second kappa shape index (κ2) is 7.86. The predicted octanol–water partition coefficient (Wildman–Crippen LogP) is 5.59. The van der Waals surface area contributed by atoms with Gasteiger partial charge in [0.2, 0.25) is 0 Å². The number of rotatable bonds is 2. The standard InChI is InChI=1S/C25H28N2O2/c1-25(2,3)29-24(28)27-15-13-19(14-16-27)22-9-6-10-23(26-22)21-12-11-18-7-4-5-8-20(18)17-21/h4-10,13,17H,11-12,14-16H2,1-3H3. The number of carbonyl (C=O) groups excluding carboxylic acids is 1. The summed E-state index contributed by atoms with van der Waals surface area (Å²) in [5.74, 6) is 0. The third-order valence-electron chi connectivity index (χ3n) is 5.32. The van der Waals surface area contributed by atoms with Crippen molar-refractivity contribution in [2.24, 2.45) is 0 Å². The number of aromatic nitrogens is 1. The van der Waals surface area contributed by atoms with Crippen LogP contribution in [0.15, 0.2) is 48.5 Å². The first-order chi connectivity index (χ1) is 13.9. The van der Waals surface area contributed by atoms with Crippen LogP contribution in [0.3, 0.4) is 0 Å². The largest absolute Gasteiger partial charge is 0.444 e. The minimum absolute atomic E-state index is 0.250. The fourth-order valence-electron chi connectivity index (χ4n) is 3.82. The number of aryl methyl sites for hydroxylation is 1. The van der Waals surface area contributed by atoms with Crippen molar-refractivity contribution in [3.63, 3.8) is 0 Å². The molecule has 4 nitrogen and oxygen atoms in total. The van der Waals surface area contributed by atoms with E-state index in [4.69, 9.17) is 9.72 Å². The zero-order valence-electron chi connectivity index (χ0n) is 17.4. The lowest BCUT2D eigenvalue weighted by Crippen LogP contribution is -2.39. The number of benzene rings is 1. The summed E-state index contributed by atoms with van der Waals surface area (Å²) in [4.78, 5) is 19.0. The van der Waals surface area contributed by atoms with Crippen LogP contribution in [-0.2, 0) is 11.2 Å². The topological polar surface area (TPSA) is 42.4 Å². The van der Waals surface area contributed by atoms with Gasteiger partial charge in [-0.25, -0.2) is 9.78 Å². The maximum Gasteiger partial charge on any atom is 0.410 e. The van der Waals surface area contributed by atoms with Crippen molar-refractivity contribution in [2.45, 2.75) is 45.6 Å². The maximum atomic E-state index is 12.3. The molecular weight excluding hydrogens is 360 g/mol. The summed E-state index contributed by atoms with van der Waals surface area (Å²) in [5, 5.41) is 0. The molecule has 2 heterocycles. The van der Waals surface area contributed by atoms with Crippen LogP contribution in [0, 0.1) is 0 Å². The van der Waals surface area contributed by atoms with Gasteiger partial charge in [-0.15, -0.1) is 0 Å². The zero-order chi connectivity index (χ0) is 20.4. The molecule has 1 aromatic carbocycles. The first kappa shape index (κ1) is 19.4. The molecule has 0 radical (unpaired) electrons. The number of hydrogen-bond donors (Lipinski definition) is 0. The lowest BCUT2D eigenvalue weighted by atomic mass is 9.90. The van der Waals surface area contributed by atoms with Crippen molar-refractivity contribution in [2.75, 3.05) is 13.1 Å². The minimum atomic E-state index is -0.469. The molecule has 1 aliphatic heterocycles. The number of fused-ring (bicyclic) bond motifs is 1. The molecule has 0 bridgehead atoms. The summed E-state index contributed by atoms with van der Waals surface area (Å²) in [6, 6.07) is 14.8. The lowest BCUT2D eigenvalue weighted by Gasteiger charge is -2.29. The maximum absolute atomic E-state index is 12.3. The highest BCUT2D eigenvalue weighted by molar-refractivity contribution is 5.83. The van der Waals surface area contributed by atoms with Gasteiger partial charge in [0.25, 0.3) is 0 Å². The molecule has 0 fully saturated rings. The van der Waals surface area contributed by atoms with Gasteiger partial charge < -0.3 is 9.64 Å². The predicted molar refractivity (Wildman–Crippen MR) is 117 cm³/mol. The van der Waals surface area contributed by atoms with Crippen molar-refractivity contribution in [3.05, 3.63) is 71.1 Å². The number of ether oxygens (including phenoxy) is 1. The van der Waals surface area contributed by atoms with Crippen molar-refractivity contribution < 1.29 is 9.53 Å². The van der Waals surface area contributed by atoms with Gasteiger partial charge in [0.1, 0.15) is 5.60 Å². The van der Waals surface area contributed by atoms with E-state index in [9.17, 15) is 4.79 Å². The molecule has 2 aromatic rings. The molecule has 1 aromatic heterocycles. The third kappa shape index (κ3) is 4.58. The number of nitrogens with zero attached hydrogens (tertiary/aromatic N) is 2. The van der Waals surface area contributed by atoms with Gasteiger partial charge >= 0.3 is 6.09 Å². The molecule has 0 atom stereocenters. The first-order valence-electron chi connectivity index (χ1n) is 10.3. The van der Waals surface area contributed by atoms with Crippen LogP contribution in [0.5, 0.6) is 0 Å². The van der Waals surface area contributed by atoms with E-state index < -0.39 is 5.60 Å². The van der Waals surface area contributed by atoms with E-state index in [1.165, 1.54) is 22.3 Å². The van der Waals surface area contributed by atoms with Crippen LogP contribution >= 0.6 is 0 Å². The second-order valence-corrected chi connectivity index (χ2v) is 8.68. The summed E-state index contributed by atoms with van der Waals surface area (Å²) in [6.45, 7) is 6.90. The summed E-state index contributed by atoms with van der Waals surface area (Å²) < 4.78 is 5.48. The Morgan fingerprint density at radius 1 is 0.966 bits per heavy atom. The van der Waals surface area contributed by atoms with E-state index in [0.29, 0.717) is 13.1 Å². The minimum Gasteiger partial charge on any atom is -0.444 e. The summed E-state index contributed by atoms with van der Waals surface area (Å²) in [5.41, 5.74) is 6.78. The van der Waals surface area contributed by atoms with Crippen LogP contribution in [0.25, 0.3) is 17.2 Å². The Balaban J connectivity index is 1.50. The van der Waals surface area contributed by atoms with Crippen molar-refractivity contribution in [1.82, 2.24) is 9.88 Å². The van der Waals surface area contributed by atoms with Crippen LogP contribution < -0.4 is 0 Å². The van der Waals surface area contributed by atoms with E-state index in [2.05, 4.69) is 54.6 Å². The van der Waals surface area contributed by atoms with E-state index in [-0.39, 0.29) is 6.09 Å². The van der Waals surface area contributed by atoms with Crippen LogP contribution in [0.4, 0.5) is 4.79 Å². The Hall–Kier alpha value is -2.88. The number of amides is 1. The number of allylic oxidation sites excluding steroid dienone is 1. The van der Waals surface area contributed by atoms with Gasteiger partial charge in [-0.05, 0) is 80.5 Å². The highest BCUT2D eigenvalue weighted by Gasteiger charge is 2.24. The normalized spacial score (nSPS) is 16.6. The van der Waals surface area contributed by atoms with Gasteiger partial charge in [-0.1, -0.05) is 36.4 Å². The molecular formula is C25H28N2O2. The van der Waals surface area contributed by atoms with E-state index in [1.54, 1.807) is 4.90 Å². The third-order valence-corrected chi connectivity index (χ3v) is 5.32. The Morgan fingerprint density at radius 3 is 2.45 bits per heavy atom. The number of pyridine rings is 1. The SMILES string of the molecule is CC(C)(C)OC(=O)N1CC=C(c2cccc(C3=Cc4ccccc4CC3)n2)CC1. The molecule has 1 aliphatic carbocycles. The fourth-order valence-corrected chi connectivity index (χ4v) is 3.82. The quantitative estimate of drug-likeness (QED) is 0.673. The average molecular weight is 389 g/mol. The molecule has 0 unspecified atom stereocenters. The fraction of sp³-hybridized carbons (Fsp3) is 0.360. The second-order valence-electron chi connectivity index (χ2n) is 8.68. The monoisotopic (exact) mass is 388 g/mol. The van der Waals surface area contributed by atoms with Gasteiger partial charge in [-0.3, -0.25) is 0 Å². The molecule has 2 aliphatic rings. The molecule has 4 rings (SSSR count). The first-order valence-corrected chi connectivity index (χ1v) is 10.3. The van der Waals surface area contributed by atoms with E-state index in [1.807, 2.05) is 20.8 Å². The molecule has 150 valence electrons. The number of hydrogen-bond acceptors (Lipinski definition) is 3. The zero-order valence-corrected chi connectivity index (χ0v) is 17.4. The molecule has 0 spiro atoms. The Labute approximate surface area is 172 Å². The molecule has 29 heavy (non-hydrogen) atoms. The Kier molecular flexibility index (Phi) is 5.27. The van der Waals surface area contributed by atoms with Crippen LogP contribution in [0.2, 0.25) is 0 Å². The highest BCUT2D eigenvalue weighted by atomic mass is 16.6. The highest BCUT2D eigenvalue weighted by Crippen LogP contribution is 2.30. The molecule has 4 heteroatoms. The molecule has 0 N–H and O–H groups in total. The molecule has 0 saturated heterocycles. The van der Waals surface area contributed by atoms with E-state index >= 15 is 0 Å². The Bertz CT molecular complexity index is 982. The smallest absolute Gasteiger partial charge is 0.410 e. The van der Waals surface area contributed by atoms with Gasteiger partial charge in [-0.2, -0.15) is 0 Å². The van der Waals surface area contributed by atoms with E-state index in [0.717, 1.165) is 30.7 Å². The van der Waals surface area contributed by atoms with Crippen molar-refractivity contribution in [1.29, 1.82) is 0 Å². The summed E-state index contributed by atoms with van der Waals surface area (Å²) >= 11 is 0. The molecule has 0 saturated carbocycles. The average Bonchev–Trinajstić information content (AvgIpc) is 2.72. The van der Waals surface area contributed by atoms with Crippen molar-refractivity contribution >= 4 is 23.3 Å². The summed E-state index contributed by atoms with van der Waals surface area (Å²) in [6.07, 6.45) is 6.98. The van der Waals surface area contributed by atoms with Gasteiger partial charge in [0.15, 0.2) is 0 Å². The summed E-state index contributed by atoms with van der Waals surface area (Å²) in [7, 11) is 0. The van der Waals surface area contributed by atoms with Gasteiger partial charge in [0, 0.05) is 13.1 Å². The number of carbonyl (C=O) groups is 1. The molecule has 1 amide bonds. The lowest BCUT2D eigenvalue weighted by molar-refractivity contribution is 0.0270. The van der Waals surface area contributed by atoms with Gasteiger partial charge in [0.05, 0.1) is 11.4 Å². The van der Waals surface area contributed by atoms with Crippen LogP contribution in [-0.4, -0.2) is 34.7 Å². The van der Waals surface area contributed by atoms with Crippen LogP contribution in [0.1, 0.15) is 56.1 Å².